The van der Waals surface area contributed by atoms with E-state index in [0.29, 0.717) is 0 Å². The lowest BCUT2D eigenvalue weighted by Crippen LogP contribution is -1.97. The average molecular weight is 479 g/mol. The van der Waals surface area contributed by atoms with Crippen molar-refractivity contribution in [2.75, 3.05) is 0 Å². The van der Waals surface area contributed by atoms with Crippen LogP contribution < -0.4 is 0 Å². The number of aromatic nitrogens is 2. The van der Waals surface area contributed by atoms with Crippen LogP contribution in [0.2, 0.25) is 0 Å². The lowest BCUT2D eigenvalue weighted by atomic mass is 10.0. The van der Waals surface area contributed by atoms with Crippen LogP contribution in [0.3, 0.4) is 0 Å². The first kappa shape index (κ1) is 22.9. The predicted molar refractivity (Wildman–Crippen MR) is 159 cm³/mol. The fourth-order valence-corrected chi connectivity index (χ4v) is 5.53. The fourth-order valence-electron chi connectivity index (χ4n) is 5.53. The van der Waals surface area contributed by atoms with E-state index in [9.17, 15) is 0 Å². The summed E-state index contributed by atoms with van der Waals surface area (Å²) in [7, 11) is 0. The summed E-state index contributed by atoms with van der Waals surface area (Å²) in [5.74, 6) is 0. The molecule has 0 aliphatic rings. The molecule has 4 aromatic carbocycles. The van der Waals surface area contributed by atoms with E-state index in [1.54, 1.807) is 0 Å². The van der Waals surface area contributed by atoms with Gasteiger partial charge < -0.3 is 9.13 Å². The van der Waals surface area contributed by atoms with Crippen LogP contribution in [0.1, 0.15) is 22.5 Å². The first-order valence-corrected chi connectivity index (χ1v) is 12.8. The molecule has 0 spiro atoms. The summed E-state index contributed by atoms with van der Waals surface area (Å²) in [6.07, 6.45) is 5.97. The molecule has 0 N–H and O–H groups in total. The number of benzene rings is 4. The Kier molecular flexibility index (Phi) is 5.65. The van der Waals surface area contributed by atoms with Gasteiger partial charge in [0, 0.05) is 33.5 Å². The van der Waals surface area contributed by atoms with Crippen LogP contribution >= 0.6 is 0 Å². The van der Waals surface area contributed by atoms with Gasteiger partial charge in [-0.15, -0.1) is 0 Å². The number of hydrogen-bond acceptors (Lipinski definition) is 0. The quantitative estimate of drug-likeness (QED) is 0.218. The Morgan fingerprint density at radius 1 is 0.568 bits per heavy atom. The monoisotopic (exact) mass is 478 g/mol. The summed E-state index contributed by atoms with van der Waals surface area (Å²) in [5, 5.41) is 2.59. The second-order valence-electron chi connectivity index (χ2n) is 9.61. The number of hydrogen-bond donors (Lipinski definition) is 0. The molecule has 2 heterocycles. The molecule has 0 saturated heterocycles. The highest BCUT2D eigenvalue weighted by atomic mass is 15.0. The van der Waals surface area contributed by atoms with E-state index in [-0.39, 0.29) is 0 Å². The third kappa shape index (κ3) is 3.73. The highest BCUT2D eigenvalue weighted by Gasteiger charge is 2.14. The third-order valence-electron chi connectivity index (χ3n) is 7.58. The van der Waals surface area contributed by atoms with E-state index >= 15 is 0 Å². The van der Waals surface area contributed by atoms with E-state index < -0.39 is 0 Å². The van der Waals surface area contributed by atoms with Gasteiger partial charge in [-0.25, -0.2) is 0 Å². The van der Waals surface area contributed by atoms with Crippen molar-refractivity contribution < 1.29 is 0 Å². The Morgan fingerprint density at radius 3 is 1.62 bits per heavy atom. The maximum Gasteiger partial charge on any atom is 0.0537 e. The Balaban J connectivity index is 1.38. The first-order valence-electron chi connectivity index (χ1n) is 12.8. The second-order valence-corrected chi connectivity index (χ2v) is 9.61. The van der Waals surface area contributed by atoms with Gasteiger partial charge in [-0.05, 0) is 85.5 Å². The van der Waals surface area contributed by atoms with E-state index in [1.165, 1.54) is 61.1 Å². The molecule has 0 radical (unpaired) electrons. The zero-order valence-electron chi connectivity index (χ0n) is 21.6. The number of nitrogens with zero attached hydrogens (tertiary/aromatic N) is 2. The number of para-hydroxylation sites is 2. The van der Waals surface area contributed by atoms with Crippen molar-refractivity contribution in [2.24, 2.45) is 0 Å². The van der Waals surface area contributed by atoms with Crippen LogP contribution in [0.25, 0.3) is 50.4 Å². The summed E-state index contributed by atoms with van der Waals surface area (Å²) in [6.45, 7) is 10.5. The minimum absolute atomic E-state index is 1.15. The van der Waals surface area contributed by atoms with Crippen LogP contribution in [-0.4, -0.2) is 9.13 Å². The molecule has 0 atom stereocenters. The van der Waals surface area contributed by atoms with Gasteiger partial charge in [-0.1, -0.05) is 79.4 Å². The van der Waals surface area contributed by atoms with Crippen molar-refractivity contribution in [3.63, 3.8) is 0 Å². The molecule has 0 aliphatic carbocycles. The van der Waals surface area contributed by atoms with Crippen molar-refractivity contribution >= 4 is 27.9 Å². The van der Waals surface area contributed by atoms with Gasteiger partial charge in [0.1, 0.15) is 0 Å². The summed E-state index contributed by atoms with van der Waals surface area (Å²) >= 11 is 0. The Morgan fingerprint density at radius 2 is 1.05 bits per heavy atom. The van der Waals surface area contributed by atoms with Gasteiger partial charge in [-0.3, -0.25) is 0 Å². The predicted octanol–water partition coefficient (Wildman–Crippen LogP) is 9.37. The molecule has 0 bridgehead atoms. The summed E-state index contributed by atoms with van der Waals surface area (Å²) in [6, 6.07) is 35.0. The molecule has 6 aromatic rings. The van der Waals surface area contributed by atoms with E-state index in [0.717, 1.165) is 5.69 Å². The SMILES string of the molecule is C=C/C=C\c1c(C)c2ccccc2n1-c1ccc(-c2ccc(-n3c(C)c(C)c4ccccc43)cc2)cc1. The number of allylic oxidation sites excluding steroid dienone is 2. The van der Waals surface area contributed by atoms with E-state index in [1.807, 2.05) is 12.2 Å². The maximum absolute atomic E-state index is 3.86. The van der Waals surface area contributed by atoms with E-state index in [2.05, 4.69) is 140 Å². The number of aryl methyl sites for hydroxylation is 2. The van der Waals surface area contributed by atoms with Crippen LogP contribution in [0.4, 0.5) is 0 Å². The van der Waals surface area contributed by atoms with Gasteiger partial charge >= 0.3 is 0 Å². The third-order valence-corrected chi connectivity index (χ3v) is 7.58. The lowest BCUT2D eigenvalue weighted by Gasteiger charge is -2.12. The van der Waals surface area contributed by atoms with E-state index in [4.69, 9.17) is 0 Å². The normalized spacial score (nSPS) is 11.6. The zero-order valence-corrected chi connectivity index (χ0v) is 21.6. The topological polar surface area (TPSA) is 9.86 Å². The van der Waals surface area contributed by atoms with Gasteiger partial charge in [0.15, 0.2) is 0 Å². The highest BCUT2D eigenvalue weighted by Crippen LogP contribution is 2.32. The molecule has 0 saturated carbocycles. The van der Waals surface area contributed by atoms with Crippen molar-refractivity contribution in [3.05, 3.63) is 138 Å². The van der Waals surface area contributed by atoms with Crippen LogP contribution in [0.15, 0.2) is 116 Å². The molecule has 0 aliphatic heterocycles. The molecule has 6 rings (SSSR count). The zero-order chi connectivity index (χ0) is 25.5. The van der Waals surface area contributed by atoms with Crippen molar-refractivity contribution in [3.8, 4) is 22.5 Å². The Labute approximate surface area is 218 Å². The number of rotatable bonds is 5. The molecular formula is C35H30N2. The van der Waals surface area contributed by atoms with Gasteiger partial charge in [0.05, 0.1) is 11.0 Å². The molecule has 2 heteroatoms. The molecule has 0 amide bonds. The van der Waals surface area contributed by atoms with Gasteiger partial charge in [0.25, 0.3) is 0 Å². The Bertz CT molecular complexity index is 1790. The van der Waals surface area contributed by atoms with Gasteiger partial charge in [-0.2, -0.15) is 0 Å². The molecule has 0 fully saturated rings. The molecule has 2 nitrogen and oxygen atoms in total. The standard InChI is InChI=1S/C35H30N2/c1-5-6-13-33-25(3)32-12-8-10-15-35(32)37(33)30-22-18-28(19-23-30)27-16-20-29(21-17-27)36-26(4)24(2)31-11-7-9-14-34(31)36/h5-23H,1H2,2-4H3/b13-6-. The molecule has 2 aromatic heterocycles. The molecule has 180 valence electrons. The van der Waals surface area contributed by atoms with Crippen LogP contribution in [-0.2, 0) is 0 Å². The molecule has 0 unspecified atom stereocenters. The minimum Gasteiger partial charge on any atom is -0.314 e. The fraction of sp³-hybridized carbons (Fsp3) is 0.0857. The van der Waals surface area contributed by atoms with Crippen LogP contribution in [0.5, 0.6) is 0 Å². The Hall–Kier alpha value is -4.56. The second kappa shape index (κ2) is 9.15. The summed E-state index contributed by atoms with van der Waals surface area (Å²) in [4.78, 5) is 0. The largest absolute Gasteiger partial charge is 0.314 e. The minimum atomic E-state index is 1.15. The van der Waals surface area contributed by atoms with Gasteiger partial charge in [0.2, 0.25) is 0 Å². The van der Waals surface area contributed by atoms with Crippen molar-refractivity contribution in [1.29, 1.82) is 0 Å². The van der Waals surface area contributed by atoms with Crippen molar-refractivity contribution in [1.82, 2.24) is 9.13 Å². The summed E-state index contributed by atoms with van der Waals surface area (Å²) < 4.78 is 4.69. The smallest absolute Gasteiger partial charge is 0.0537 e. The summed E-state index contributed by atoms with van der Waals surface area (Å²) in [5.41, 5.74) is 12.3. The van der Waals surface area contributed by atoms with Crippen molar-refractivity contribution in [2.45, 2.75) is 20.8 Å². The highest BCUT2D eigenvalue weighted by molar-refractivity contribution is 5.90. The lowest BCUT2D eigenvalue weighted by molar-refractivity contribution is 1.04. The average Bonchev–Trinajstić information content (AvgIpc) is 3.37. The molecular weight excluding hydrogens is 448 g/mol. The number of fused-ring (bicyclic) bond motifs is 2. The first-order chi connectivity index (χ1) is 18.1. The van der Waals surface area contributed by atoms with Crippen LogP contribution in [0, 0.1) is 20.8 Å². The molecule has 37 heavy (non-hydrogen) atoms. The maximum atomic E-state index is 3.86.